The zero-order chi connectivity index (χ0) is 25.9. The van der Waals surface area contributed by atoms with Crippen LogP contribution in [0.3, 0.4) is 0 Å². The highest BCUT2D eigenvalue weighted by Crippen LogP contribution is 2.23. The van der Waals surface area contributed by atoms with Crippen molar-refractivity contribution in [2.24, 2.45) is 0 Å². The lowest BCUT2D eigenvalue weighted by molar-refractivity contribution is -0.126. The first-order valence-electron chi connectivity index (χ1n) is 12.4. The van der Waals surface area contributed by atoms with E-state index in [0.717, 1.165) is 50.7 Å². The van der Waals surface area contributed by atoms with E-state index in [1.54, 1.807) is 7.11 Å². The molecule has 0 spiro atoms. The van der Waals surface area contributed by atoms with Gasteiger partial charge in [0, 0.05) is 26.4 Å². The molecule has 196 valence electrons. The fourth-order valence-electron chi connectivity index (χ4n) is 3.79. The Morgan fingerprint density at radius 2 is 1.33 bits per heavy atom. The lowest BCUT2D eigenvalue weighted by Gasteiger charge is -2.35. The quantitative estimate of drug-likeness (QED) is 0.124. The van der Waals surface area contributed by atoms with Crippen LogP contribution < -0.4 is 0 Å². The summed E-state index contributed by atoms with van der Waals surface area (Å²) in [4.78, 5) is 14.4. The predicted molar refractivity (Wildman–Crippen MR) is 154 cm³/mol. The molecule has 2 unspecified atom stereocenters. The van der Waals surface area contributed by atoms with Crippen LogP contribution in [-0.4, -0.2) is 79.8 Å². The van der Waals surface area contributed by atoms with Crippen LogP contribution in [0.2, 0.25) is 77.6 Å². The second-order valence-corrected chi connectivity index (χ2v) is 31.1. The lowest BCUT2D eigenvalue weighted by Crippen LogP contribution is -2.49. The van der Waals surface area contributed by atoms with Crippen molar-refractivity contribution in [3.8, 4) is 0 Å². The second-order valence-electron chi connectivity index (χ2n) is 11.7. The number of unbranched alkanes of at least 4 members (excludes halogenated alkanes) is 1. The van der Waals surface area contributed by atoms with Gasteiger partial charge in [0.05, 0.1) is 8.80 Å². The molecule has 0 rings (SSSR count). The van der Waals surface area contributed by atoms with Crippen LogP contribution in [0.15, 0.2) is 12.7 Å². The zero-order valence-corrected chi connectivity index (χ0v) is 28.7. The van der Waals surface area contributed by atoms with Gasteiger partial charge in [-0.15, -0.1) is 0 Å². The topological polar surface area (TPSA) is 57.2 Å². The summed E-state index contributed by atoms with van der Waals surface area (Å²) in [6.45, 7) is 27.4. The van der Waals surface area contributed by atoms with Gasteiger partial charge in [-0.05, 0) is 89.8 Å². The molecule has 0 heterocycles. The molecule has 2 atom stereocenters. The summed E-state index contributed by atoms with van der Waals surface area (Å²) in [6.07, 6.45) is 5.13. The van der Waals surface area contributed by atoms with Gasteiger partial charge in [-0.25, -0.2) is 0 Å². The van der Waals surface area contributed by atoms with E-state index in [0.29, 0.717) is 0 Å². The van der Waals surface area contributed by atoms with Gasteiger partial charge in [0.15, 0.2) is 16.6 Å². The zero-order valence-electron chi connectivity index (χ0n) is 23.5. The van der Waals surface area contributed by atoms with Crippen LogP contribution in [0.25, 0.3) is 0 Å². The third-order valence-corrected chi connectivity index (χ3v) is 18.7. The SMILES string of the molecule is C=CC(=O)N(CCCC[Si](C)(OC)O[Si](C)(C)C)CCC[Si](C)(OC[SiH](C)C)O[Si](C)(C)C. The summed E-state index contributed by atoms with van der Waals surface area (Å²) in [5.74, 6) is 0.00471. The molecule has 0 aliphatic carbocycles. The summed E-state index contributed by atoms with van der Waals surface area (Å²) in [5.41, 5.74) is 0. The highest BCUT2D eigenvalue weighted by Gasteiger charge is 2.37. The first-order chi connectivity index (χ1) is 14.9. The second kappa shape index (κ2) is 14.6. The van der Waals surface area contributed by atoms with Gasteiger partial charge in [-0.3, -0.25) is 4.79 Å². The normalized spacial score (nSPS) is 16.4. The molecular weight excluding hydrogens is 499 g/mol. The minimum Gasteiger partial charge on any atom is -0.436 e. The maximum atomic E-state index is 12.5. The maximum absolute atomic E-state index is 12.5. The number of rotatable bonds is 18. The number of carbonyl (C=O) groups excluding carboxylic acids is 1. The average molecular weight is 552 g/mol. The van der Waals surface area contributed by atoms with Crippen LogP contribution in [0.4, 0.5) is 0 Å². The number of hydrogen-bond donors (Lipinski definition) is 0. The number of amides is 1. The predicted octanol–water partition coefficient (Wildman–Crippen LogP) is 5.71. The molecule has 0 N–H and O–H groups in total. The molecule has 1 amide bonds. The van der Waals surface area contributed by atoms with Gasteiger partial charge in [0.1, 0.15) is 0 Å². The molecule has 0 aromatic heterocycles. The van der Waals surface area contributed by atoms with Crippen molar-refractivity contribution < 1.29 is 21.9 Å². The smallest absolute Gasteiger partial charge is 0.324 e. The van der Waals surface area contributed by atoms with E-state index >= 15 is 0 Å². The van der Waals surface area contributed by atoms with Crippen LogP contribution in [0.1, 0.15) is 19.3 Å². The van der Waals surface area contributed by atoms with Gasteiger partial charge in [-0.1, -0.05) is 19.7 Å². The Labute approximate surface area is 210 Å². The fourth-order valence-corrected chi connectivity index (χ4v) is 20.3. The molecule has 0 aromatic carbocycles. The molecule has 11 heteroatoms. The van der Waals surface area contributed by atoms with Crippen LogP contribution in [0, 0.1) is 0 Å². The van der Waals surface area contributed by atoms with E-state index in [1.165, 1.54) is 6.08 Å². The molecule has 33 heavy (non-hydrogen) atoms. The van der Waals surface area contributed by atoms with E-state index in [2.05, 4.69) is 72.0 Å². The minimum absolute atomic E-state index is 0.00471. The molecule has 0 saturated carbocycles. The van der Waals surface area contributed by atoms with E-state index in [-0.39, 0.29) is 5.91 Å². The van der Waals surface area contributed by atoms with Crippen LogP contribution >= 0.6 is 0 Å². The Morgan fingerprint density at radius 3 is 1.79 bits per heavy atom. The number of nitrogens with zero attached hydrogens (tertiary/aromatic N) is 1. The van der Waals surface area contributed by atoms with E-state index < -0.39 is 42.6 Å². The number of hydrogen-bond acceptors (Lipinski definition) is 5. The first-order valence-corrected chi connectivity index (χ1v) is 27.4. The Morgan fingerprint density at radius 1 is 0.848 bits per heavy atom. The summed E-state index contributed by atoms with van der Waals surface area (Å²) < 4.78 is 25.1. The molecule has 0 radical (unpaired) electrons. The Balaban J connectivity index is 4.87. The van der Waals surface area contributed by atoms with Gasteiger partial charge >= 0.3 is 17.1 Å². The molecule has 0 aliphatic heterocycles. The maximum Gasteiger partial charge on any atom is 0.324 e. The first kappa shape index (κ1) is 33.1. The summed E-state index contributed by atoms with van der Waals surface area (Å²) in [5, 5.41) is 0. The molecule has 0 bridgehead atoms. The Bertz CT molecular complexity index is 597. The van der Waals surface area contributed by atoms with Crippen LogP contribution in [-0.2, 0) is 21.9 Å². The Hall–Kier alpha value is 0.134. The largest absolute Gasteiger partial charge is 0.436 e. The van der Waals surface area contributed by atoms with Gasteiger partial charge in [0.2, 0.25) is 5.91 Å². The van der Waals surface area contributed by atoms with Crippen molar-refractivity contribution in [1.29, 1.82) is 0 Å². The fraction of sp³-hybridized carbons (Fsp3) is 0.864. The van der Waals surface area contributed by atoms with Gasteiger partial charge in [-0.2, -0.15) is 0 Å². The Kier molecular flexibility index (Phi) is 14.7. The average Bonchev–Trinajstić information content (AvgIpc) is 2.65. The van der Waals surface area contributed by atoms with Gasteiger partial charge < -0.3 is 22.0 Å². The van der Waals surface area contributed by atoms with Crippen molar-refractivity contribution in [3.05, 3.63) is 12.7 Å². The van der Waals surface area contributed by atoms with Crippen molar-refractivity contribution in [2.75, 3.05) is 26.4 Å². The van der Waals surface area contributed by atoms with Crippen molar-refractivity contribution in [3.63, 3.8) is 0 Å². The molecule has 0 aliphatic rings. The molecule has 0 fully saturated rings. The third-order valence-electron chi connectivity index (χ3n) is 5.05. The monoisotopic (exact) mass is 551 g/mol. The molecule has 0 saturated heterocycles. The highest BCUT2D eigenvalue weighted by atomic mass is 28.4. The third kappa shape index (κ3) is 16.4. The summed E-state index contributed by atoms with van der Waals surface area (Å²) in [7, 11) is -6.76. The van der Waals surface area contributed by atoms with Crippen molar-refractivity contribution in [1.82, 2.24) is 4.90 Å². The lowest BCUT2D eigenvalue weighted by atomic mass is 10.3. The highest BCUT2D eigenvalue weighted by molar-refractivity contribution is 6.82. The summed E-state index contributed by atoms with van der Waals surface area (Å²) in [6, 6.07) is 1.86. The van der Waals surface area contributed by atoms with Gasteiger partial charge in [0.25, 0.3) is 0 Å². The van der Waals surface area contributed by atoms with E-state index in [4.69, 9.17) is 17.1 Å². The van der Waals surface area contributed by atoms with E-state index in [1.807, 2.05) is 4.90 Å². The number of carbonyl (C=O) groups is 1. The van der Waals surface area contributed by atoms with Crippen molar-refractivity contribution in [2.45, 2.75) is 96.8 Å². The van der Waals surface area contributed by atoms with Crippen LogP contribution in [0.5, 0.6) is 0 Å². The van der Waals surface area contributed by atoms with Crippen molar-refractivity contribution >= 4 is 48.5 Å². The molecule has 0 aromatic rings. The minimum atomic E-state index is -2.24. The molecular formula is C22H53NO5Si5. The standard InChI is InChI=1S/C22H53NO5Si5/c1-13-22(24)23(17-14-15-19-32(11,25-2)27-30(5,6)7)18-16-20-33(12,26-21-29(3)4)28-31(8,9)10/h13,29H,1,14-21H2,2-12H3. The summed E-state index contributed by atoms with van der Waals surface area (Å²) >= 11 is 0. The van der Waals surface area contributed by atoms with E-state index in [9.17, 15) is 4.79 Å². The molecule has 6 nitrogen and oxygen atoms in total.